The Morgan fingerprint density at radius 1 is 1.23 bits per heavy atom. The third-order valence-electron chi connectivity index (χ3n) is 3.66. The molecule has 0 aliphatic carbocycles. The molecule has 1 aromatic carbocycles. The van der Waals surface area contributed by atoms with Gasteiger partial charge in [0.2, 0.25) is 0 Å². The van der Waals surface area contributed by atoms with Gasteiger partial charge in [-0.3, -0.25) is 0 Å². The number of rotatable bonds is 3. The Hall–Kier alpha value is -2.28. The van der Waals surface area contributed by atoms with Gasteiger partial charge in [0, 0.05) is 13.0 Å². The average molecular weight is 365 g/mol. The summed E-state index contributed by atoms with van der Waals surface area (Å²) in [6.45, 7) is 7.57. The molecule has 26 heavy (non-hydrogen) atoms. The van der Waals surface area contributed by atoms with Gasteiger partial charge in [0.25, 0.3) is 0 Å². The monoisotopic (exact) mass is 365 g/mol. The second kappa shape index (κ2) is 8.89. The van der Waals surface area contributed by atoms with Gasteiger partial charge in [-0.1, -0.05) is 18.2 Å². The highest BCUT2D eigenvalue weighted by atomic mass is 16.6. The number of benzene rings is 1. The van der Waals surface area contributed by atoms with Crippen LogP contribution >= 0.6 is 0 Å². The fourth-order valence-corrected chi connectivity index (χ4v) is 2.38. The number of hydrogen-bond acceptors (Lipinski definition) is 6. The zero-order chi connectivity index (χ0) is 19.2. The molecule has 0 aromatic heterocycles. The molecule has 1 aliphatic rings. The second-order valence-electron chi connectivity index (χ2n) is 7.17. The first-order chi connectivity index (χ1) is 12.2. The van der Waals surface area contributed by atoms with E-state index >= 15 is 0 Å². The summed E-state index contributed by atoms with van der Waals surface area (Å²) in [5.74, 6) is 0.141. The van der Waals surface area contributed by atoms with E-state index in [4.69, 9.17) is 18.9 Å². The van der Waals surface area contributed by atoms with E-state index in [1.165, 1.54) is 0 Å². The summed E-state index contributed by atoms with van der Waals surface area (Å²) in [4.78, 5) is 24.4. The predicted molar refractivity (Wildman–Crippen MR) is 95.0 cm³/mol. The van der Waals surface area contributed by atoms with Crippen molar-refractivity contribution < 1.29 is 28.5 Å². The summed E-state index contributed by atoms with van der Waals surface area (Å²) >= 11 is 0. The second-order valence-corrected chi connectivity index (χ2v) is 7.17. The number of alkyl carbamates (subject to hydrolysis) is 1. The topological polar surface area (TPSA) is 83.1 Å². The number of carbonyl (C=O) groups excluding carboxylic acids is 2. The SMILES string of the molecule is C[C@@H]1OC(=O)[C@@H](NC(=O)OC(C)(C)C)CCOC[C@H]1Oc1ccccc1. The van der Waals surface area contributed by atoms with Gasteiger partial charge in [0.05, 0.1) is 6.61 Å². The molecular formula is C19H27NO6. The van der Waals surface area contributed by atoms with Crippen LogP contribution in [-0.4, -0.2) is 49.1 Å². The van der Waals surface area contributed by atoms with Crippen molar-refractivity contribution in [1.82, 2.24) is 5.32 Å². The molecule has 2 rings (SSSR count). The molecule has 144 valence electrons. The third kappa shape index (κ3) is 6.55. The van der Waals surface area contributed by atoms with Gasteiger partial charge >= 0.3 is 12.1 Å². The zero-order valence-electron chi connectivity index (χ0n) is 15.7. The van der Waals surface area contributed by atoms with Crippen LogP contribution < -0.4 is 10.1 Å². The number of ether oxygens (including phenoxy) is 4. The van der Waals surface area contributed by atoms with Gasteiger partial charge in [0.1, 0.15) is 23.5 Å². The number of hydrogen-bond donors (Lipinski definition) is 1. The number of amides is 1. The summed E-state index contributed by atoms with van der Waals surface area (Å²) in [5, 5.41) is 2.55. The van der Waals surface area contributed by atoms with Crippen LogP contribution in [0.15, 0.2) is 30.3 Å². The van der Waals surface area contributed by atoms with E-state index < -0.39 is 35.9 Å². The normalized spacial score (nSPS) is 24.5. The lowest BCUT2D eigenvalue weighted by Crippen LogP contribution is -2.46. The molecule has 7 heteroatoms. The highest BCUT2D eigenvalue weighted by molar-refractivity contribution is 5.81. The molecule has 1 aromatic rings. The van der Waals surface area contributed by atoms with Gasteiger partial charge in [-0.15, -0.1) is 0 Å². The maximum absolute atomic E-state index is 12.4. The molecule has 3 atom stereocenters. The predicted octanol–water partition coefficient (Wildman–Crippen LogP) is 2.68. The van der Waals surface area contributed by atoms with Gasteiger partial charge in [-0.25, -0.2) is 9.59 Å². The Balaban J connectivity index is 1.98. The van der Waals surface area contributed by atoms with Crippen LogP contribution in [0.1, 0.15) is 34.1 Å². The van der Waals surface area contributed by atoms with E-state index in [1.807, 2.05) is 30.3 Å². The summed E-state index contributed by atoms with van der Waals surface area (Å²) in [7, 11) is 0. The zero-order valence-corrected chi connectivity index (χ0v) is 15.7. The van der Waals surface area contributed by atoms with E-state index in [1.54, 1.807) is 27.7 Å². The Morgan fingerprint density at radius 2 is 1.92 bits per heavy atom. The molecule has 0 radical (unpaired) electrons. The minimum absolute atomic E-state index is 0.280. The summed E-state index contributed by atoms with van der Waals surface area (Å²) in [6, 6.07) is 8.44. The van der Waals surface area contributed by atoms with E-state index in [9.17, 15) is 9.59 Å². The fraction of sp³-hybridized carbons (Fsp3) is 0.579. The summed E-state index contributed by atoms with van der Waals surface area (Å²) < 4.78 is 22.2. The number of carbonyl (C=O) groups is 2. The maximum Gasteiger partial charge on any atom is 0.408 e. The molecule has 0 unspecified atom stereocenters. The lowest BCUT2D eigenvalue weighted by molar-refractivity contribution is -0.155. The molecule has 1 heterocycles. The Labute approximate surface area is 153 Å². The van der Waals surface area contributed by atoms with Crippen LogP contribution in [0.4, 0.5) is 4.79 Å². The van der Waals surface area contributed by atoms with Crippen molar-refractivity contribution in [1.29, 1.82) is 0 Å². The molecule has 1 saturated heterocycles. The molecule has 1 aliphatic heterocycles. The summed E-state index contributed by atoms with van der Waals surface area (Å²) in [6.07, 6.45) is -1.35. The van der Waals surface area contributed by atoms with Crippen LogP contribution in [0.3, 0.4) is 0 Å². The fourth-order valence-electron chi connectivity index (χ4n) is 2.38. The van der Waals surface area contributed by atoms with Gasteiger partial charge in [-0.2, -0.15) is 0 Å². The first kappa shape index (κ1) is 20.0. The molecule has 1 N–H and O–H groups in total. The molecule has 7 nitrogen and oxygen atoms in total. The molecule has 0 bridgehead atoms. The van der Waals surface area contributed by atoms with Crippen molar-refractivity contribution in [3.8, 4) is 5.75 Å². The molecule has 1 amide bonds. The van der Waals surface area contributed by atoms with Crippen LogP contribution in [0.25, 0.3) is 0 Å². The van der Waals surface area contributed by atoms with E-state index in [0.717, 1.165) is 0 Å². The Bertz CT molecular complexity index is 598. The first-order valence-electron chi connectivity index (χ1n) is 8.74. The quantitative estimate of drug-likeness (QED) is 0.829. The molecule has 1 fully saturated rings. The van der Waals surface area contributed by atoms with Crippen LogP contribution in [-0.2, 0) is 19.0 Å². The standard InChI is InChI=1S/C19H27NO6/c1-13-16(25-14-8-6-5-7-9-14)12-23-11-10-15(17(21)24-13)20-18(22)26-19(2,3)4/h5-9,13,15-16H,10-12H2,1-4H3,(H,20,22)/t13-,15-,16+/m0/s1. The van der Waals surface area contributed by atoms with Crippen molar-refractivity contribution >= 4 is 12.1 Å². The van der Waals surface area contributed by atoms with Crippen LogP contribution in [0.2, 0.25) is 0 Å². The number of cyclic esters (lactones) is 1. The number of nitrogens with one attached hydrogen (secondary N) is 1. The minimum Gasteiger partial charge on any atom is -0.484 e. The third-order valence-corrected chi connectivity index (χ3v) is 3.66. The van der Waals surface area contributed by atoms with Crippen molar-refractivity contribution in [3.05, 3.63) is 30.3 Å². The van der Waals surface area contributed by atoms with Crippen LogP contribution in [0.5, 0.6) is 5.75 Å². The van der Waals surface area contributed by atoms with Gasteiger partial charge in [0.15, 0.2) is 6.10 Å². The maximum atomic E-state index is 12.4. The van der Waals surface area contributed by atoms with Crippen LogP contribution in [0, 0.1) is 0 Å². The molecule has 0 saturated carbocycles. The smallest absolute Gasteiger partial charge is 0.408 e. The van der Waals surface area contributed by atoms with Crippen molar-refractivity contribution in [2.24, 2.45) is 0 Å². The van der Waals surface area contributed by atoms with Crippen molar-refractivity contribution in [3.63, 3.8) is 0 Å². The molecular weight excluding hydrogens is 338 g/mol. The lowest BCUT2D eigenvalue weighted by Gasteiger charge is -2.25. The number of para-hydroxylation sites is 1. The average Bonchev–Trinajstić information content (AvgIpc) is 2.60. The van der Waals surface area contributed by atoms with E-state index in [2.05, 4.69) is 5.32 Å². The Kier molecular flexibility index (Phi) is 6.85. The van der Waals surface area contributed by atoms with E-state index in [0.29, 0.717) is 12.2 Å². The van der Waals surface area contributed by atoms with Crippen molar-refractivity contribution in [2.45, 2.75) is 58.0 Å². The molecule has 0 spiro atoms. The Morgan fingerprint density at radius 3 is 2.58 bits per heavy atom. The lowest BCUT2D eigenvalue weighted by atomic mass is 10.2. The summed E-state index contributed by atoms with van der Waals surface area (Å²) in [5.41, 5.74) is -0.648. The van der Waals surface area contributed by atoms with Gasteiger partial charge < -0.3 is 24.3 Å². The van der Waals surface area contributed by atoms with Crippen molar-refractivity contribution in [2.75, 3.05) is 13.2 Å². The first-order valence-corrected chi connectivity index (χ1v) is 8.74. The van der Waals surface area contributed by atoms with E-state index in [-0.39, 0.29) is 13.2 Å². The minimum atomic E-state index is -0.831. The van der Waals surface area contributed by atoms with Gasteiger partial charge in [-0.05, 0) is 39.8 Å². The number of esters is 1. The largest absolute Gasteiger partial charge is 0.484 e. The highest BCUT2D eigenvalue weighted by Crippen LogP contribution is 2.17. The highest BCUT2D eigenvalue weighted by Gasteiger charge is 2.31.